The lowest BCUT2D eigenvalue weighted by atomic mass is 10.1. The smallest absolute Gasteiger partial charge is 0.329 e. The van der Waals surface area contributed by atoms with E-state index in [1.807, 2.05) is 19.9 Å². The Kier molecular flexibility index (Phi) is 8.47. The average molecular weight is 546 g/mol. The van der Waals surface area contributed by atoms with Gasteiger partial charge in [-0.3, -0.25) is 19.3 Å². The summed E-state index contributed by atoms with van der Waals surface area (Å²) in [7, 11) is 0. The number of imide groups is 1. The van der Waals surface area contributed by atoms with Crippen molar-refractivity contribution in [2.45, 2.75) is 39.2 Å². The summed E-state index contributed by atoms with van der Waals surface area (Å²) in [6.45, 7) is 3.15. The molecule has 3 rings (SSSR count). The third-order valence-electron chi connectivity index (χ3n) is 5.19. The zero-order valence-corrected chi connectivity index (χ0v) is 21.2. The number of hydrogen-bond donors (Lipinski definition) is 1. The van der Waals surface area contributed by atoms with Crippen molar-refractivity contribution in [1.82, 2.24) is 4.90 Å². The Bertz CT molecular complexity index is 1140. The molecule has 0 saturated carbocycles. The fourth-order valence-corrected chi connectivity index (χ4v) is 4.57. The minimum Gasteiger partial charge on any atom is -0.454 e. The molecule has 11 heteroatoms. The molecule has 3 amide bonds. The molecule has 1 aliphatic heterocycles. The lowest BCUT2D eigenvalue weighted by Crippen LogP contribution is -2.46. The number of fused-ring (bicyclic) bond motifs is 1. The second-order valence-electron chi connectivity index (χ2n) is 7.67. The van der Waals surface area contributed by atoms with E-state index in [1.54, 1.807) is 18.2 Å². The standard InChI is InChI=1S/C23H20Cl4N2O5/c1-3-4-8-13(23(33)34-10-14(30)28-12-7-5-6-11(2)9-12)29-21(31)15-16(22(29)32)18(25)20(27)19(26)17(15)24/h5-7,9,13H,3-4,8,10H2,1-2H3,(H,28,30)/t13-/m0/s1. The van der Waals surface area contributed by atoms with E-state index in [1.165, 1.54) is 0 Å². The van der Waals surface area contributed by atoms with Gasteiger partial charge in [-0.25, -0.2) is 4.79 Å². The quantitative estimate of drug-likeness (QED) is 0.191. The molecule has 1 atom stereocenters. The zero-order valence-electron chi connectivity index (χ0n) is 18.2. The van der Waals surface area contributed by atoms with Crippen LogP contribution in [0.1, 0.15) is 52.5 Å². The van der Waals surface area contributed by atoms with Crippen LogP contribution in [0.15, 0.2) is 24.3 Å². The van der Waals surface area contributed by atoms with Gasteiger partial charge in [0.15, 0.2) is 6.61 Å². The molecule has 1 N–H and O–H groups in total. The molecular formula is C23H20Cl4N2O5. The summed E-state index contributed by atoms with van der Waals surface area (Å²) in [6.07, 6.45) is 1.31. The van der Waals surface area contributed by atoms with Crippen LogP contribution in [0.4, 0.5) is 5.69 Å². The Hall–Kier alpha value is -2.32. The summed E-state index contributed by atoms with van der Waals surface area (Å²) in [5.41, 5.74) is 1.04. The van der Waals surface area contributed by atoms with Gasteiger partial charge in [0.25, 0.3) is 17.7 Å². The highest BCUT2D eigenvalue weighted by atomic mass is 35.5. The summed E-state index contributed by atoms with van der Waals surface area (Å²) in [5.74, 6) is -3.16. The lowest BCUT2D eigenvalue weighted by Gasteiger charge is -2.24. The number of hydrogen-bond acceptors (Lipinski definition) is 5. The van der Waals surface area contributed by atoms with Crippen molar-refractivity contribution in [2.24, 2.45) is 0 Å². The van der Waals surface area contributed by atoms with Gasteiger partial charge in [-0.2, -0.15) is 0 Å². The second-order valence-corrected chi connectivity index (χ2v) is 9.18. The van der Waals surface area contributed by atoms with Crippen molar-refractivity contribution in [3.63, 3.8) is 0 Å². The maximum Gasteiger partial charge on any atom is 0.329 e. The largest absolute Gasteiger partial charge is 0.454 e. The van der Waals surface area contributed by atoms with E-state index in [9.17, 15) is 19.2 Å². The Balaban J connectivity index is 1.81. The monoisotopic (exact) mass is 544 g/mol. The molecule has 1 aliphatic rings. The van der Waals surface area contributed by atoms with Gasteiger partial charge in [0.05, 0.1) is 31.2 Å². The number of aryl methyl sites for hydroxylation is 1. The highest BCUT2D eigenvalue weighted by molar-refractivity contribution is 6.55. The molecule has 2 aromatic rings. The van der Waals surface area contributed by atoms with E-state index < -0.39 is 36.3 Å². The molecule has 0 aliphatic carbocycles. The van der Waals surface area contributed by atoms with Crippen LogP contribution >= 0.6 is 46.4 Å². The number of anilines is 1. The summed E-state index contributed by atoms with van der Waals surface area (Å²) >= 11 is 24.4. The summed E-state index contributed by atoms with van der Waals surface area (Å²) < 4.78 is 5.17. The van der Waals surface area contributed by atoms with Crippen molar-refractivity contribution in [3.05, 3.63) is 61.0 Å². The third kappa shape index (κ3) is 5.18. The van der Waals surface area contributed by atoms with Crippen LogP contribution in [0.3, 0.4) is 0 Å². The Morgan fingerprint density at radius 1 is 1.00 bits per heavy atom. The number of unbranched alkanes of at least 4 members (excludes halogenated alkanes) is 1. The molecule has 0 bridgehead atoms. The lowest BCUT2D eigenvalue weighted by molar-refractivity contribution is -0.151. The number of nitrogens with one attached hydrogen (secondary N) is 1. The first kappa shape index (κ1) is 26.3. The van der Waals surface area contributed by atoms with Crippen molar-refractivity contribution >= 4 is 75.8 Å². The molecule has 0 unspecified atom stereocenters. The maximum absolute atomic E-state index is 13.1. The summed E-state index contributed by atoms with van der Waals surface area (Å²) in [6, 6.07) is 5.80. The Morgan fingerprint density at radius 2 is 1.59 bits per heavy atom. The molecular weight excluding hydrogens is 526 g/mol. The number of rotatable bonds is 8. The number of esters is 1. The topological polar surface area (TPSA) is 92.8 Å². The first-order valence-corrected chi connectivity index (χ1v) is 11.9. The molecule has 7 nitrogen and oxygen atoms in total. The van der Waals surface area contributed by atoms with E-state index in [-0.39, 0.29) is 37.6 Å². The van der Waals surface area contributed by atoms with Crippen LogP contribution in [0.2, 0.25) is 20.1 Å². The first-order chi connectivity index (χ1) is 16.1. The van der Waals surface area contributed by atoms with Crippen molar-refractivity contribution < 1.29 is 23.9 Å². The molecule has 0 radical (unpaired) electrons. The van der Waals surface area contributed by atoms with Gasteiger partial charge in [-0.15, -0.1) is 0 Å². The number of amides is 3. The normalized spacial score (nSPS) is 13.6. The number of benzene rings is 2. The average Bonchev–Trinajstić information content (AvgIpc) is 3.05. The molecule has 180 valence electrons. The molecule has 0 aromatic heterocycles. The van der Waals surface area contributed by atoms with Gasteiger partial charge < -0.3 is 10.1 Å². The van der Waals surface area contributed by atoms with Gasteiger partial charge in [-0.1, -0.05) is 78.3 Å². The SMILES string of the molecule is CCCC[C@@H](C(=O)OCC(=O)Nc1cccc(C)c1)N1C(=O)c2c(Cl)c(Cl)c(Cl)c(Cl)c2C1=O. The summed E-state index contributed by atoms with van der Waals surface area (Å²) in [4.78, 5) is 52.2. The molecule has 34 heavy (non-hydrogen) atoms. The van der Waals surface area contributed by atoms with Crippen LogP contribution in [-0.2, 0) is 14.3 Å². The highest BCUT2D eigenvalue weighted by Gasteiger charge is 2.47. The fraction of sp³-hybridized carbons (Fsp3) is 0.304. The van der Waals surface area contributed by atoms with Crippen molar-refractivity contribution in [1.29, 1.82) is 0 Å². The molecule has 0 spiro atoms. The fourth-order valence-electron chi connectivity index (χ4n) is 3.55. The van der Waals surface area contributed by atoms with E-state index in [0.29, 0.717) is 18.5 Å². The van der Waals surface area contributed by atoms with Gasteiger partial charge in [0.1, 0.15) is 6.04 Å². The maximum atomic E-state index is 13.1. The van der Waals surface area contributed by atoms with Gasteiger partial charge in [0.2, 0.25) is 0 Å². The minimum absolute atomic E-state index is 0.122. The predicted molar refractivity (Wildman–Crippen MR) is 131 cm³/mol. The highest BCUT2D eigenvalue weighted by Crippen LogP contribution is 2.45. The minimum atomic E-state index is -1.29. The van der Waals surface area contributed by atoms with Crippen LogP contribution in [0.5, 0.6) is 0 Å². The van der Waals surface area contributed by atoms with Crippen LogP contribution < -0.4 is 5.32 Å². The van der Waals surface area contributed by atoms with E-state index in [2.05, 4.69) is 5.32 Å². The number of carbonyl (C=O) groups excluding carboxylic acids is 4. The number of carbonyl (C=O) groups is 4. The van der Waals surface area contributed by atoms with E-state index in [0.717, 1.165) is 10.5 Å². The molecule has 2 aromatic carbocycles. The van der Waals surface area contributed by atoms with Crippen molar-refractivity contribution in [2.75, 3.05) is 11.9 Å². The van der Waals surface area contributed by atoms with E-state index in [4.69, 9.17) is 51.1 Å². The molecule has 0 fully saturated rings. The molecule has 1 heterocycles. The zero-order chi connectivity index (χ0) is 25.2. The van der Waals surface area contributed by atoms with Gasteiger partial charge in [-0.05, 0) is 31.0 Å². The van der Waals surface area contributed by atoms with E-state index >= 15 is 0 Å². The van der Waals surface area contributed by atoms with Crippen LogP contribution in [0, 0.1) is 6.92 Å². The van der Waals surface area contributed by atoms with Crippen LogP contribution in [0.25, 0.3) is 0 Å². The third-order valence-corrected chi connectivity index (χ3v) is 7.00. The van der Waals surface area contributed by atoms with Crippen LogP contribution in [-0.4, -0.2) is 41.2 Å². The predicted octanol–water partition coefficient (Wildman–Crippen LogP) is 5.95. The molecule has 0 saturated heterocycles. The second kappa shape index (κ2) is 11.0. The Morgan fingerprint density at radius 3 is 2.12 bits per heavy atom. The number of halogens is 4. The summed E-state index contributed by atoms with van der Waals surface area (Å²) in [5, 5.41) is 1.82. The number of nitrogens with zero attached hydrogens (tertiary/aromatic N) is 1. The van der Waals surface area contributed by atoms with Crippen molar-refractivity contribution in [3.8, 4) is 0 Å². The Labute approximate surface area is 216 Å². The number of ether oxygens (including phenoxy) is 1. The van der Waals surface area contributed by atoms with Gasteiger partial charge >= 0.3 is 5.97 Å². The van der Waals surface area contributed by atoms with Gasteiger partial charge in [0, 0.05) is 5.69 Å². The first-order valence-electron chi connectivity index (χ1n) is 10.3.